The molecule has 2 aromatic carbocycles. The van der Waals surface area contributed by atoms with Crippen LogP contribution in [0.2, 0.25) is 0 Å². The molecule has 3 aromatic rings. The zero-order valence-electron chi connectivity index (χ0n) is 18.2. The van der Waals surface area contributed by atoms with E-state index in [0.29, 0.717) is 15.0 Å². The standard InChI is InChI=1S/C21H22N4O6S2/c1-13-11-24(12-14(2)31-13)33(29,30)17-7-4-15(5-8-17)20(26)22-21-23(3)18-9-6-16(25(27)28)10-19(18)32-21/h4-10,13-14H,11-12H2,1-3H3/t13-,14+. The van der Waals surface area contributed by atoms with Crippen LogP contribution < -0.4 is 4.80 Å². The highest BCUT2D eigenvalue weighted by Crippen LogP contribution is 2.23. The lowest BCUT2D eigenvalue weighted by molar-refractivity contribution is -0.384. The van der Waals surface area contributed by atoms with Crippen molar-refractivity contribution >= 4 is 43.2 Å². The molecule has 0 aliphatic carbocycles. The van der Waals surface area contributed by atoms with Crippen molar-refractivity contribution in [2.24, 2.45) is 12.0 Å². The molecular weight excluding hydrogens is 468 g/mol. The van der Waals surface area contributed by atoms with Crippen LogP contribution in [-0.4, -0.2) is 53.4 Å². The molecule has 2 atom stereocenters. The van der Waals surface area contributed by atoms with Gasteiger partial charge in [0.1, 0.15) is 0 Å². The maximum atomic E-state index is 13.0. The van der Waals surface area contributed by atoms with E-state index in [-0.39, 0.29) is 41.4 Å². The molecule has 1 aliphatic rings. The number of hydrogen-bond donors (Lipinski definition) is 0. The topological polar surface area (TPSA) is 124 Å². The predicted octanol–water partition coefficient (Wildman–Crippen LogP) is 2.69. The van der Waals surface area contributed by atoms with Crippen molar-refractivity contribution in [2.75, 3.05) is 13.1 Å². The number of aromatic nitrogens is 1. The largest absolute Gasteiger partial charge is 0.373 e. The van der Waals surface area contributed by atoms with E-state index in [1.807, 2.05) is 13.8 Å². The van der Waals surface area contributed by atoms with Gasteiger partial charge in [0.25, 0.3) is 11.6 Å². The Labute approximate surface area is 193 Å². The Balaban J connectivity index is 1.61. The summed E-state index contributed by atoms with van der Waals surface area (Å²) in [5.74, 6) is -0.538. The van der Waals surface area contributed by atoms with Crippen molar-refractivity contribution in [1.29, 1.82) is 0 Å². The molecule has 4 rings (SSSR count). The SMILES string of the molecule is C[C@@H]1CN(S(=O)(=O)c2ccc(C(=O)N=c3sc4cc([N+](=O)[O-])ccc4n3C)cc2)C[C@H](C)O1. The van der Waals surface area contributed by atoms with E-state index in [2.05, 4.69) is 4.99 Å². The first-order valence-electron chi connectivity index (χ1n) is 10.1. The highest BCUT2D eigenvalue weighted by atomic mass is 32.2. The number of nitro benzene ring substituents is 1. The number of ether oxygens (including phenoxy) is 1. The third-order valence-corrected chi connectivity index (χ3v) is 8.27. The highest BCUT2D eigenvalue weighted by Gasteiger charge is 2.32. The number of non-ortho nitro benzene ring substituents is 1. The van der Waals surface area contributed by atoms with E-state index in [0.717, 1.165) is 11.3 Å². The van der Waals surface area contributed by atoms with Gasteiger partial charge in [-0.2, -0.15) is 9.30 Å². The second-order valence-corrected chi connectivity index (χ2v) is 10.8. The molecule has 0 unspecified atom stereocenters. The van der Waals surface area contributed by atoms with Crippen LogP contribution in [0.5, 0.6) is 0 Å². The van der Waals surface area contributed by atoms with Crippen LogP contribution in [-0.2, 0) is 21.8 Å². The van der Waals surface area contributed by atoms with Gasteiger partial charge in [-0.15, -0.1) is 0 Å². The zero-order valence-corrected chi connectivity index (χ0v) is 19.8. The van der Waals surface area contributed by atoms with Crippen LogP contribution in [0, 0.1) is 10.1 Å². The van der Waals surface area contributed by atoms with Crippen LogP contribution in [0.4, 0.5) is 5.69 Å². The summed E-state index contributed by atoms with van der Waals surface area (Å²) in [6.07, 6.45) is -0.404. The van der Waals surface area contributed by atoms with Crippen molar-refractivity contribution in [2.45, 2.75) is 31.0 Å². The Bertz CT molecular complexity index is 1400. The number of benzene rings is 2. The lowest BCUT2D eigenvalue weighted by Crippen LogP contribution is -2.48. The summed E-state index contributed by atoms with van der Waals surface area (Å²) in [6, 6.07) is 10.1. The summed E-state index contributed by atoms with van der Waals surface area (Å²) < 4.78 is 35.3. The fourth-order valence-electron chi connectivity index (χ4n) is 3.74. The van der Waals surface area contributed by atoms with Crippen LogP contribution in [0.25, 0.3) is 10.2 Å². The number of aryl methyl sites for hydroxylation is 1. The molecule has 12 heteroatoms. The molecule has 10 nitrogen and oxygen atoms in total. The number of carbonyl (C=O) groups excluding carboxylic acids is 1. The first-order chi connectivity index (χ1) is 15.6. The Morgan fingerprint density at radius 3 is 2.39 bits per heavy atom. The summed E-state index contributed by atoms with van der Waals surface area (Å²) in [6.45, 7) is 4.19. The summed E-state index contributed by atoms with van der Waals surface area (Å²) in [4.78, 5) is 27.8. The third kappa shape index (κ3) is 4.60. The van der Waals surface area contributed by atoms with E-state index >= 15 is 0 Å². The second-order valence-electron chi connectivity index (χ2n) is 7.87. The van der Waals surface area contributed by atoms with Crippen LogP contribution >= 0.6 is 11.3 Å². The minimum absolute atomic E-state index is 0.0388. The average molecular weight is 491 g/mol. The monoisotopic (exact) mass is 490 g/mol. The second kappa shape index (κ2) is 8.78. The lowest BCUT2D eigenvalue weighted by Gasteiger charge is -2.34. The van der Waals surface area contributed by atoms with Gasteiger partial charge < -0.3 is 9.30 Å². The smallest absolute Gasteiger partial charge is 0.279 e. The summed E-state index contributed by atoms with van der Waals surface area (Å²) >= 11 is 1.16. The number of sulfonamides is 1. The molecule has 1 aromatic heterocycles. The van der Waals surface area contributed by atoms with Gasteiger partial charge in [0.05, 0.1) is 32.2 Å². The molecule has 33 heavy (non-hydrogen) atoms. The number of hydrogen-bond acceptors (Lipinski definition) is 7. The van der Waals surface area contributed by atoms with Crippen molar-refractivity contribution in [1.82, 2.24) is 8.87 Å². The van der Waals surface area contributed by atoms with E-state index < -0.39 is 20.9 Å². The number of nitro groups is 1. The molecule has 0 saturated carbocycles. The first-order valence-corrected chi connectivity index (χ1v) is 12.4. The highest BCUT2D eigenvalue weighted by molar-refractivity contribution is 7.89. The molecule has 0 N–H and O–H groups in total. The number of nitrogens with zero attached hydrogens (tertiary/aromatic N) is 4. The lowest BCUT2D eigenvalue weighted by atomic mass is 10.2. The number of thiazole rings is 1. The van der Waals surface area contributed by atoms with Gasteiger partial charge in [0, 0.05) is 37.8 Å². The van der Waals surface area contributed by atoms with Crippen LogP contribution in [0.3, 0.4) is 0 Å². The molecule has 1 fully saturated rings. The quantitative estimate of drug-likeness (QED) is 0.409. The van der Waals surface area contributed by atoms with Gasteiger partial charge in [0.15, 0.2) is 4.80 Å². The number of fused-ring (bicyclic) bond motifs is 1. The zero-order chi connectivity index (χ0) is 23.9. The van der Waals surface area contributed by atoms with Gasteiger partial charge in [-0.05, 0) is 44.2 Å². The fraction of sp³-hybridized carbons (Fsp3) is 0.333. The van der Waals surface area contributed by atoms with Gasteiger partial charge in [0.2, 0.25) is 10.0 Å². The van der Waals surface area contributed by atoms with Crippen molar-refractivity contribution in [3.8, 4) is 0 Å². The minimum Gasteiger partial charge on any atom is -0.373 e. The normalized spacial score (nSPS) is 20.3. The Hall–Kier alpha value is -2.93. The number of amides is 1. The molecule has 174 valence electrons. The van der Waals surface area contributed by atoms with Gasteiger partial charge in [-0.3, -0.25) is 14.9 Å². The van der Waals surface area contributed by atoms with Crippen molar-refractivity contribution in [3.05, 3.63) is 62.9 Å². The van der Waals surface area contributed by atoms with Gasteiger partial charge >= 0.3 is 0 Å². The number of morpholine rings is 1. The van der Waals surface area contributed by atoms with Crippen molar-refractivity contribution in [3.63, 3.8) is 0 Å². The van der Waals surface area contributed by atoms with E-state index in [1.165, 1.54) is 40.7 Å². The molecular formula is C21H22N4O6S2. The van der Waals surface area contributed by atoms with Gasteiger partial charge in [-0.1, -0.05) is 11.3 Å². The molecule has 2 heterocycles. The minimum atomic E-state index is -3.71. The van der Waals surface area contributed by atoms with Crippen LogP contribution in [0.1, 0.15) is 24.2 Å². The van der Waals surface area contributed by atoms with Gasteiger partial charge in [-0.25, -0.2) is 8.42 Å². The van der Waals surface area contributed by atoms with Crippen LogP contribution in [0.15, 0.2) is 52.4 Å². The van der Waals surface area contributed by atoms with E-state index in [4.69, 9.17) is 4.74 Å². The predicted molar refractivity (Wildman–Crippen MR) is 123 cm³/mol. The summed E-state index contributed by atoms with van der Waals surface area (Å²) in [5.41, 5.74) is 0.914. The Kier molecular flexibility index (Phi) is 6.18. The number of carbonyl (C=O) groups is 1. The van der Waals surface area contributed by atoms with E-state index in [1.54, 1.807) is 17.7 Å². The summed E-state index contributed by atoms with van der Waals surface area (Å²) in [5, 5.41) is 11.0. The molecule has 0 bridgehead atoms. The summed E-state index contributed by atoms with van der Waals surface area (Å²) in [7, 11) is -1.99. The average Bonchev–Trinajstić information content (AvgIpc) is 3.07. The van der Waals surface area contributed by atoms with Crippen molar-refractivity contribution < 1.29 is 22.9 Å². The number of rotatable bonds is 4. The maximum Gasteiger partial charge on any atom is 0.279 e. The molecule has 0 spiro atoms. The molecule has 1 saturated heterocycles. The Morgan fingerprint density at radius 2 is 1.79 bits per heavy atom. The molecule has 1 amide bonds. The third-order valence-electron chi connectivity index (χ3n) is 5.33. The molecule has 0 radical (unpaired) electrons. The maximum absolute atomic E-state index is 13.0. The molecule has 1 aliphatic heterocycles. The Morgan fingerprint density at radius 1 is 1.15 bits per heavy atom. The van der Waals surface area contributed by atoms with E-state index in [9.17, 15) is 23.3 Å². The first kappa shape index (κ1) is 23.2. The fourth-order valence-corrected chi connectivity index (χ4v) is 6.38.